The van der Waals surface area contributed by atoms with Gasteiger partial charge in [-0.1, -0.05) is 24.3 Å². The van der Waals surface area contributed by atoms with Crippen molar-refractivity contribution < 1.29 is 23.0 Å². The molecule has 194 valence electrons. The first-order valence-corrected chi connectivity index (χ1v) is 12.0. The lowest BCUT2D eigenvalue weighted by Gasteiger charge is -2.13. The van der Waals surface area contributed by atoms with Gasteiger partial charge in [-0.2, -0.15) is 13.2 Å². The van der Waals surface area contributed by atoms with Gasteiger partial charge in [0.05, 0.1) is 29.9 Å². The number of hydrogen-bond acceptors (Lipinski definition) is 6. The Morgan fingerprint density at radius 3 is 2.53 bits per heavy atom. The number of nitrogens with one attached hydrogen (secondary N) is 1. The number of benzene rings is 1. The molecule has 1 aliphatic rings. The highest BCUT2D eigenvalue weighted by atomic mass is 19.4. The minimum Gasteiger partial charge on any atom is -0.480 e. The molecule has 5 aromatic rings. The number of hydrogen-bond donors (Lipinski definition) is 2. The molecule has 0 bridgehead atoms. The SMILES string of the molecule is COc1nccc(C2CC2)c1-c1ncc2[nH]cc(C(O)c3ccc(-c4nc(C(F)(F)F)cn4C)cc3)c2n1. The predicted octanol–water partition coefficient (Wildman–Crippen LogP) is 5.41. The number of aromatic nitrogens is 6. The Balaban J connectivity index is 1.35. The molecule has 0 aliphatic heterocycles. The molecule has 1 fully saturated rings. The van der Waals surface area contributed by atoms with E-state index >= 15 is 0 Å². The fraction of sp³-hybridized carbons (Fsp3) is 0.259. The van der Waals surface area contributed by atoms with Crippen LogP contribution >= 0.6 is 0 Å². The van der Waals surface area contributed by atoms with Crippen molar-refractivity contribution in [1.29, 1.82) is 0 Å². The zero-order valence-corrected chi connectivity index (χ0v) is 20.5. The largest absolute Gasteiger partial charge is 0.480 e. The van der Waals surface area contributed by atoms with E-state index in [-0.39, 0.29) is 5.82 Å². The second kappa shape index (κ2) is 8.95. The highest BCUT2D eigenvalue weighted by Gasteiger charge is 2.34. The monoisotopic (exact) mass is 520 g/mol. The lowest BCUT2D eigenvalue weighted by molar-refractivity contribution is -0.140. The van der Waals surface area contributed by atoms with Gasteiger partial charge < -0.3 is 19.4 Å². The zero-order valence-electron chi connectivity index (χ0n) is 20.5. The van der Waals surface area contributed by atoms with Gasteiger partial charge in [0.1, 0.15) is 11.9 Å². The van der Waals surface area contributed by atoms with Crippen LogP contribution in [0.4, 0.5) is 13.2 Å². The van der Waals surface area contributed by atoms with Crippen LogP contribution < -0.4 is 4.74 Å². The average molecular weight is 521 g/mol. The van der Waals surface area contributed by atoms with Crippen LogP contribution in [-0.2, 0) is 13.2 Å². The molecule has 1 aliphatic carbocycles. The van der Waals surface area contributed by atoms with E-state index in [0.717, 1.165) is 30.2 Å². The van der Waals surface area contributed by atoms with E-state index in [4.69, 9.17) is 9.72 Å². The Morgan fingerprint density at radius 1 is 1.11 bits per heavy atom. The maximum atomic E-state index is 13.1. The zero-order chi connectivity index (χ0) is 26.6. The van der Waals surface area contributed by atoms with E-state index in [0.29, 0.717) is 45.3 Å². The number of aromatic amines is 1. The summed E-state index contributed by atoms with van der Waals surface area (Å²) in [6.07, 6.45) is 2.63. The van der Waals surface area contributed by atoms with E-state index in [9.17, 15) is 18.3 Å². The van der Waals surface area contributed by atoms with Crippen molar-refractivity contribution in [2.45, 2.75) is 31.0 Å². The van der Waals surface area contributed by atoms with Crippen LogP contribution in [0.2, 0.25) is 0 Å². The Hall–Kier alpha value is -4.25. The number of H-pyrrole nitrogens is 1. The van der Waals surface area contributed by atoms with Gasteiger partial charge in [0.25, 0.3) is 0 Å². The summed E-state index contributed by atoms with van der Waals surface area (Å²) in [6, 6.07) is 8.57. The third-order valence-electron chi connectivity index (χ3n) is 6.77. The molecule has 2 N–H and O–H groups in total. The summed E-state index contributed by atoms with van der Waals surface area (Å²) in [5.74, 6) is 1.51. The normalized spacial score (nSPS) is 14.7. The maximum Gasteiger partial charge on any atom is 0.434 e. The van der Waals surface area contributed by atoms with Crippen LogP contribution in [0.3, 0.4) is 0 Å². The van der Waals surface area contributed by atoms with Gasteiger partial charge in [0.15, 0.2) is 11.5 Å². The first kappa shape index (κ1) is 24.1. The Labute approximate surface area is 215 Å². The van der Waals surface area contributed by atoms with Crippen molar-refractivity contribution in [3.8, 4) is 28.7 Å². The molecule has 1 saturated carbocycles. The fourth-order valence-corrected chi connectivity index (χ4v) is 4.70. The number of ether oxygens (including phenoxy) is 1. The third-order valence-corrected chi connectivity index (χ3v) is 6.77. The van der Waals surface area contributed by atoms with E-state index in [1.54, 1.807) is 50.0 Å². The Morgan fingerprint density at radius 2 is 1.87 bits per heavy atom. The Bertz CT molecular complexity index is 1640. The fourth-order valence-electron chi connectivity index (χ4n) is 4.70. The number of pyridine rings is 1. The summed E-state index contributed by atoms with van der Waals surface area (Å²) in [5.41, 5.74) is 3.69. The number of fused-ring (bicyclic) bond motifs is 1. The van der Waals surface area contributed by atoms with Gasteiger partial charge in [-0.05, 0) is 36.0 Å². The standard InChI is InChI=1S/C27H23F3N6O2/c1-36-13-20(27(28,29)30)34-25(36)16-7-5-15(6-8-16)23(37)18-11-32-19-12-33-24(35-22(18)19)21-17(14-3-4-14)9-10-31-26(21)38-2/h5-14,23,32,37H,3-4H2,1-2H3. The number of nitrogens with zero attached hydrogens (tertiary/aromatic N) is 5. The van der Waals surface area contributed by atoms with E-state index in [2.05, 4.69) is 19.9 Å². The highest BCUT2D eigenvalue weighted by Crippen LogP contribution is 2.46. The van der Waals surface area contributed by atoms with E-state index < -0.39 is 18.0 Å². The summed E-state index contributed by atoms with van der Waals surface area (Å²) in [7, 11) is 3.07. The first-order chi connectivity index (χ1) is 18.2. The summed E-state index contributed by atoms with van der Waals surface area (Å²) in [6.45, 7) is 0. The lowest BCUT2D eigenvalue weighted by atomic mass is 10.0. The van der Waals surface area contributed by atoms with Gasteiger partial charge in [-0.3, -0.25) is 0 Å². The smallest absolute Gasteiger partial charge is 0.434 e. The minimum atomic E-state index is -4.53. The third kappa shape index (κ3) is 4.18. The van der Waals surface area contributed by atoms with Gasteiger partial charge in [0.2, 0.25) is 5.88 Å². The molecule has 4 aromatic heterocycles. The number of halogens is 3. The minimum absolute atomic E-state index is 0.180. The number of alkyl halides is 3. The van der Waals surface area contributed by atoms with Crippen molar-refractivity contribution in [2.75, 3.05) is 7.11 Å². The average Bonchev–Trinajstić information content (AvgIpc) is 3.55. The highest BCUT2D eigenvalue weighted by molar-refractivity contribution is 5.82. The predicted molar refractivity (Wildman–Crippen MR) is 133 cm³/mol. The van der Waals surface area contributed by atoms with Crippen LogP contribution in [0.1, 0.15) is 47.2 Å². The molecule has 0 saturated heterocycles. The maximum absolute atomic E-state index is 13.1. The second-order valence-corrected chi connectivity index (χ2v) is 9.34. The molecule has 11 heteroatoms. The molecule has 1 aromatic carbocycles. The molecule has 0 amide bonds. The summed E-state index contributed by atoms with van der Waals surface area (Å²) < 4.78 is 46.0. The molecule has 38 heavy (non-hydrogen) atoms. The molecule has 1 unspecified atom stereocenters. The molecule has 1 atom stereocenters. The lowest BCUT2D eigenvalue weighted by Crippen LogP contribution is -2.04. The van der Waals surface area contributed by atoms with Crippen molar-refractivity contribution >= 4 is 11.0 Å². The number of aliphatic hydroxyl groups is 1. The molecule has 0 spiro atoms. The molecule has 8 nitrogen and oxygen atoms in total. The topological polar surface area (TPSA) is 102 Å². The van der Waals surface area contributed by atoms with Gasteiger partial charge in [0, 0.05) is 36.8 Å². The van der Waals surface area contributed by atoms with Crippen LogP contribution in [0.25, 0.3) is 33.8 Å². The number of rotatable bonds is 6. The van der Waals surface area contributed by atoms with E-state index in [1.807, 2.05) is 6.07 Å². The van der Waals surface area contributed by atoms with Crippen LogP contribution in [0.15, 0.2) is 55.1 Å². The molecule has 0 radical (unpaired) electrons. The van der Waals surface area contributed by atoms with Crippen molar-refractivity contribution in [1.82, 2.24) is 29.5 Å². The van der Waals surface area contributed by atoms with E-state index in [1.165, 1.54) is 11.6 Å². The van der Waals surface area contributed by atoms with Crippen LogP contribution in [0.5, 0.6) is 5.88 Å². The van der Waals surface area contributed by atoms with Gasteiger partial charge in [-0.25, -0.2) is 19.9 Å². The summed E-state index contributed by atoms with van der Waals surface area (Å²) in [5, 5.41) is 11.2. The first-order valence-electron chi connectivity index (χ1n) is 12.0. The number of methoxy groups -OCH3 is 1. The number of imidazole rings is 1. The second-order valence-electron chi connectivity index (χ2n) is 9.34. The number of aliphatic hydroxyl groups excluding tert-OH is 1. The Kier molecular flexibility index (Phi) is 5.68. The molecule has 6 rings (SSSR count). The molecular formula is C27H23F3N6O2. The summed E-state index contributed by atoms with van der Waals surface area (Å²) >= 11 is 0. The quantitative estimate of drug-likeness (QED) is 0.311. The van der Waals surface area contributed by atoms with Crippen LogP contribution in [0, 0.1) is 0 Å². The number of aryl methyl sites for hydroxylation is 1. The molecular weight excluding hydrogens is 497 g/mol. The van der Waals surface area contributed by atoms with Gasteiger partial charge in [-0.15, -0.1) is 0 Å². The van der Waals surface area contributed by atoms with Crippen molar-refractivity contribution in [3.05, 3.63) is 77.5 Å². The van der Waals surface area contributed by atoms with Crippen LogP contribution in [-0.4, -0.2) is 41.7 Å². The van der Waals surface area contributed by atoms with Crippen molar-refractivity contribution in [2.24, 2.45) is 7.05 Å². The van der Waals surface area contributed by atoms with Gasteiger partial charge >= 0.3 is 6.18 Å². The van der Waals surface area contributed by atoms with Crippen molar-refractivity contribution in [3.63, 3.8) is 0 Å². The molecule has 4 heterocycles. The summed E-state index contributed by atoms with van der Waals surface area (Å²) in [4.78, 5) is 20.5.